The average Bonchev–Trinajstić information content (AvgIpc) is 2.29. The van der Waals surface area contributed by atoms with E-state index >= 15 is 0 Å². The summed E-state index contributed by atoms with van der Waals surface area (Å²) in [4.78, 5) is 17.0. The molecule has 0 bridgehead atoms. The van der Waals surface area contributed by atoms with Crippen molar-refractivity contribution in [1.29, 1.82) is 0 Å². The molecular weight excluding hydrogens is 206 g/mol. The molecule has 0 atom stereocenters. The lowest BCUT2D eigenvalue weighted by molar-refractivity contribution is 0.106. The van der Waals surface area contributed by atoms with E-state index in [1.807, 2.05) is 30.5 Å². The van der Waals surface area contributed by atoms with Gasteiger partial charge in [-0.25, -0.2) is 0 Å². The number of Topliss-reactive ketones (excluding diaryl/α,β-unsaturated/α-hetero) is 1. The Hall–Kier alpha value is -1.35. The number of thioether (sulfide) groups is 1. The van der Waals surface area contributed by atoms with Crippen molar-refractivity contribution in [2.24, 2.45) is 4.99 Å². The van der Waals surface area contributed by atoms with Crippen LogP contribution in [-0.4, -0.2) is 24.8 Å². The molecule has 0 fully saturated rings. The van der Waals surface area contributed by atoms with Gasteiger partial charge in [0.1, 0.15) is 5.71 Å². The molecular formula is C12H11NOS. The molecule has 0 aromatic heterocycles. The first kappa shape index (κ1) is 10.2. The Labute approximate surface area is 93.1 Å². The fraction of sp³-hybridized carbons (Fsp3) is 0.167. The molecule has 0 radical (unpaired) electrons. The number of carbonyl (C=O) groups is 1. The smallest absolute Gasteiger partial charge is 0.211 e. The molecule has 2 rings (SSSR count). The number of nitrogens with zero attached hydrogens (tertiary/aromatic N) is 1. The Morgan fingerprint density at radius 1 is 1.27 bits per heavy atom. The number of fused-ring (bicyclic) bond motifs is 1. The van der Waals surface area contributed by atoms with Crippen LogP contribution in [0.4, 0.5) is 0 Å². The molecule has 1 aliphatic rings. The van der Waals surface area contributed by atoms with Gasteiger partial charge in [0.2, 0.25) is 5.78 Å². The normalized spacial score (nSPS) is 16.9. The van der Waals surface area contributed by atoms with Crippen molar-refractivity contribution in [2.75, 3.05) is 13.3 Å². The lowest BCUT2D eigenvalue weighted by atomic mass is 9.95. The Balaban J connectivity index is 2.63. The summed E-state index contributed by atoms with van der Waals surface area (Å²) in [5.41, 5.74) is 2.30. The van der Waals surface area contributed by atoms with Crippen LogP contribution in [0.2, 0.25) is 0 Å². The lowest BCUT2D eigenvalue weighted by Gasteiger charge is -2.13. The van der Waals surface area contributed by atoms with Gasteiger partial charge in [0, 0.05) is 17.5 Å². The molecule has 1 aromatic carbocycles. The maximum Gasteiger partial charge on any atom is 0.211 e. The van der Waals surface area contributed by atoms with Gasteiger partial charge in [0.25, 0.3) is 0 Å². The van der Waals surface area contributed by atoms with Gasteiger partial charge in [-0.3, -0.25) is 9.79 Å². The zero-order valence-electron chi connectivity index (χ0n) is 8.65. The minimum absolute atomic E-state index is 0.0194. The van der Waals surface area contributed by atoms with Gasteiger partial charge in [-0.15, -0.1) is 11.8 Å². The van der Waals surface area contributed by atoms with Crippen LogP contribution in [0.15, 0.2) is 34.2 Å². The second-order valence-electron chi connectivity index (χ2n) is 3.19. The minimum Gasteiger partial charge on any atom is -0.287 e. The van der Waals surface area contributed by atoms with Crippen LogP contribution < -0.4 is 0 Å². The maximum atomic E-state index is 11.9. The van der Waals surface area contributed by atoms with Crippen molar-refractivity contribution in [3.05, 3.63) is 35.4 Å². The number of rotatable bonds is 1. The minimum atomic E-state index is 0.0194. The number of hydrogen-bond acceptors (Lipinski definition) is 3. The van der Waals surface area contributed by atoms with Crippen molar-refractivity contribution in [3.63, 3.8) is 0 Å². The van der Waals surface area contributed by atoms with E-state index in [0.717, 1.165) is 16.0 Å². The first-order valence-electron chi connectivity index (χ1n) is 4.64. The number of carbonyl (C=O) groups excluding carboxylic acids is 1. The van der Waals surface area contributed by atoms with Crippen LogP contribution in [0.3, 0.4) is 0 Å². The molecule has 1 aliphatic carbocycles. The highest BCUT2D eigenvalue weighted by Crippen LogP contribution is 2.27. The van der Waals surface area contributed by atoms with Gasteiger partial charge < -0.3 is 0 Å². The SMILES string of the molecule is C/N=C1\C=Cc2c(SC)cccc2C1=O. The van der Waals surface area contributed by atoms with E-state index in [0.29, 0.717) is 5.71 Å². The van der Waals surface area contributed by atoms with Crippen molar-refractivity contribution in [2.45, 2.75) is 4.90 Å². The van der Waals surface area contributed by atoms with Crippen molar-refractivity contribution in [3.8, 4) is 0 Å². The Kier molecular flexibility index (Phi) is 2.73. The first-order valence-corrected chi connectivity index (χ1v) is 5.87. The predicted octanol–water partition coefficient (Wildman–Crippen LogP) is 2.69. The molecule has 0 saturated carbocycles. The molecule has 0 unspecified atom stereocenters. The van der Waals surface area contributed by atoms with E-state index in [1.165, 1.54) is 0 Å². The van der Waals surface area contributed by atoms with Crippen molar-refractivity contribution >= 4 is 29.3 Å². The van der Waals surface area contributed by atoms with E-state index < -0.39 is 0 Å². The molecule has 0 N–H and O–H groups in total. The summed E-state index contributed by atoms with van der Waals surface area (Å²) < 4.78 is 0. The fourth-order valence-electron chi connectivity index (χ4n) is 1.64. The number of aliphatic imine (C=N–C) groups is 1. The third-order valence-corrected chi connectivity index (χ3v) is 3.21. The summed E-state index contributed by atoms with van der Waals surface area (Å²) in [6.45, 7) is 0. The van der Waals surface area contributed by atoms with Gasteiger partial charge in [0.15, 0.2) is 0 Å². The Bertz CT molecular complexity index is 475. The van der Waals surface area contributed by atoms with E-state index in [-0.39, 0.29) is 5.78 Å². The molecule has 0 spiro atoms. The Morgan fingerprint density at radius 3 is 2.73 bits per heavy atom. The fourth-order valence-corrected chi connectivity index (χ4v) is 2.26. The standard InChI is InChI=1S/C12H11NOS/c1-13-10-7-6-8-9(12(10)14)4-3-5-11(8)15-2/h3-7H,1-2H3/b13-10+. The summed E-state index contributed by atoms with van der Waals surface area (Å²) in [6.07, 6.45) is 5.76. The third-order valence-electron chi connectivity index (χ3n) is 2.41. The van der Waals surface area contributed by atoms with Crippen LogP contribution in [0.1, 0.15) is 15.9 Å². The van der Waals surface area contributed by atoms with Gasteiger partial charge >= 0.3 is 0 Å². The number of allylic oxidation sites excluding steroid dienone is 1. The van der Waals surface area contributed by atoms with E-state index in [1.54, 1.807) is 24.9 Å². The van der Waals surface area contributed by atoms with Gasteiger partial charge in [-0.2, -0.15) is 0 Å². The van der Waals surface area contributed by atoms with Gasteiger partial charge in [-0.05, 0) is 24.0 Å². The van der Waals surface area contributed by atoms with E-state index in [2.05, 4.69) is 4.99 Å². The molecule has 15 heavy (non-hydrogen) atoms. The average molecular weight is 217 g/mol. The van der Waals surface area contributed by atoms with Crippen LogP contribution in [0, 0.1) is 0 Å². The molecule has 0 saturated heterocycles. The van der Waals surface area contributed by atoms with Crippen LogP contribution in [0.25, 0.3) is 6.08 Å². The summed E-state index contributed by atoms with van der Waals surface area (Å²) in [5, 5.41) is 0. The van der Waals surface area contributed by atoms with Gasteiger partial charge in [-0.1, -0.05) is 18.2 Å². The molecule has 0 aliphatic heterocycles. The second-order valence-corrected chi connectivity index (χ2v) is 4.04. The molecule has 2 nitrogen and oxygen atoms in total. The number of benzene rings is 1. The molecule has 3 heteroatoms. The second kappa shape index (κ2) is 4.03. The van der Waals surface area contributed by atoms with E-state index in [9.17, 15) is 4.79 Å². The summed E-state index contributed by atoms with van der Waals surface area (Å²) in [6, 6.07) is 5.79. The van der Waals surface area contributed by atoms with Crippen molar-refractivity contribution in [1.82, 2.24) is 0 Å². The summed E-state index contributed by atoms with van der Waals surface area (Å²) >= 11 is 1.65. The lowest BCUT2D eigenvalue weighted by Crippen LogP contribution is -2.16. The van der Waals surface area contributed by atoms with Gasteiger partial charge in [0.05, 0.1) is 0 Å². The van der Waals surface area contributed by atoms with E-state index in [4.69, 9.17) is 0 Å². The van der Waals surface area contributed by atoms with Crippen molar-refractivity contribution < 1.29 is 4.79 Å². The molecule has 1 aromatic rings. The quantitative estimate of drug-likeness (QED) is 0.677. The maximum absolute atomic E-state index is 11.9. The summed E-state index contributed by atoms with van der Waals surface area (Å²) in [5.74, 6) is 0.0194. The number of hydrogen-bond donors (Lipinski definition) is 0. The monoisotopic (exact) mass is 217 g/mol. The predicted molar refractivity (Wildman–Crippen MR) is 64.9 cm³/mol. The topological polar surface area (TPSA) is 29.4 Å². The highest BCUT2D eigenvalue weighted by Gasteiger charge is 2.19. The molecule has 0 heterocycles. The van der Waals surface area contributed by atoms with Crippen LogP contribution in [0.5, 0.6) is 0 Å². The third kappa shape index (κ3) is 1.63. The highest BCUT2D eigenvalue weighted by atomic mass is 32.2. The Morgan fingerprint density at radius 2 is 2.07 bits per heavy atom. The zero-order chi connectivity index (χ0) is 10.8. The first-order chi connectivity index (χ1) is 7.27. The largest absolute Gasteiger partial charge is 0.287 e. The molecule has 76 valence electrons. The number of ketones is 1. The van der Waals surface area contributed by atoms with Crippen LogP contribution in [-0.2, 0) is 0 Å². The van der Waals surface area contributed by atoms with Crippen LogP contribution >= 0.6 is 11.8 Å². The zero-order valence-corrected chi connectivity index (χ0v) is 9.47. The summed E-state index contributed by atoms with van der Waals surface area (Å²) in [7, 11) is 1.64. The molecule has 0 amide bonds. The highest BCUT2D eigenvalue weighted by molar-refractivity contribution is 7.98.